The van der Waals surface area contributed by atoms with Crippen molar-refractivity contribution in [2.24, 2.45) is 11.5 Å². The van der Waals surface area contributed by atoms with Gasteiger partial charge in [-0.15, -0.1) is 0 Å². The molecular weight excluding hydrogens is 394 g/mol. The number of hydrogen-bond acceptors (Lipinski definition) is 7. The van der Waals surface area contributed by atoms with Gasteiger partial charge in [-0.1, -0.05) is 60.7 Å². The van der Waals surface area contributed by atoms with Crippen LogP contribution in [0.3, 0.4) is 0 Å². The Balaban J connectivity index is 2.24. The Morgan fingerprint density at radius 1 is 0.862 bits per heavy atom. The van der Waals surface area contributed by atoms with Gasteiger partial charge in [-0.2, -0.15) is 4.31 Å². The van der Waals surface area contributed by atoms with Crippen molar-refractivity contribution in [2.75, 3.05) is 6.61 Å². The normalized spacial score (nSPS) is 13.5. The summed E-state index contributed by atoms with van der Waals surface area (Å²) in [6.45, 7) is -0.803. The lowest BCUT2D eigenvalue weighted by Gasteiger charge is -2.25. The van der Waals surface area contributed by atoms with Crippen molar-refractivity contribution in [3.05, 3.63) is 71.8 Å². The number of hydrogen-bond donors (Lipinski definition) is 3. The van der Waals surface area contributed by atoms with Crippen LogP contribution in [0.25, 0.3) is 0 Å². The van der Waals surface area contributed by atoms with Crippen LogP contribution in [0.5, 0.6) is 0 Å². The standard InChI is InChI=1S/C20H25N3O5S/c21-17(12-11-15-7-3-1-4-8-15)19(25)23(20(26)18(22)13-24)29(27,28)14-16-9-5-2-6-10-16/h1-10,17-18,24H,11-14,21-22H2/t17-,18+/m0/s1. The molecule has 0 aliphatic carbocycles. The molecule has 0 aromatic heterocycles. The molecule has 0 aliphatic rings. The van der Waals surface area contributed by atoms with Gasteiger partial charge in [0, 0.05) is 0 Å². The maximum atomic E-state index is 12.9. The van der Waals surface area contributed by atoms with Gasteiger partial charge in [0.25, 0.3) is 11.8 Å². The zero-order valence-corrected chi connectivity index (χ0v) is 16.7. The summed E-state index contributed by atoms with van der Waals surface area (Å²) in [5.41, 5.74) is 12.8. The van der Waals surface area contributed by atoms with Crippen LogP contribution in [0.4, 0.5) is 0 Å². The molecule has 2 atom stereocenters. The number of nitrogens with zero attached hydrogens (tertiary/aromatic N) is 1. The van der Waals surface area contributed by atoms with Crippen LogP contribution in [-0.2, 0) is 31.8 Å². The maximum absolute atomic E-state index is 12.9. The Bertz CT molecular complexity index is 920. The monoisotopic (exact) mass is 419 g/mol. The first-order valence-electron chi connectivity index (χ1n) is 9.07. The van der Waals surface area contributed by atoms with Gasteiger partial charge in [0.1, 0.15) is 6.04 Å². The first-order chi connectivity index (χ1) is 13.8. The van der Waals surface area contributed by atoms with Gasteiger partial charge in [-0.3, -0.25) is 9.59 Å². The van der Waals surface area contributed by atoms with Gasteiger partial charge in [-0.05, 0) is 24.0 Å². The number of nitrogens with two attached hydrogens (primary N) is 2. The molecule has 0 bridgehead atoms. The lowest BCUT2D eigenvalue weighted by Crippen LogP contribution is -2.55. The minimum absolute atomic E-state index is 0.122. The largest absolute Gasteiger partial charge is 0.394 e. The van der Waals surface area contributed by atoms with Gasteiger partial charge < -0.3 is 16.6 Å². The van der Waals surface area contributed by atoms with Crippen molar-refractivity contribution < 1.29 is 23.1 Å². The molecule has 0 fully saturated rings. The molecule has 2 aromatic carbocycles. The highest BCUT2D eigenvalue weighted by atomic mass is 32.2. The number of imide groups is 1. The molecule has 2 amide bonds. The molecule has 0 spiro atoms. The predicted octanol–water partition coefficient (Wildman–Crippen LogP) is 0.151. The molecule has 156 valence electrons. The Morgan fingerprint density at radius 3 is 1.86 bits per heavy atom. The van der Waals surface area contributed by atoms with E-state index in [0.29, 0.717) is 12.0 Å². The summed E-state index contributed by atoms with van der Waals surface area (Å²) >= 11 is 0. The number of carbonyl (C=O) groups is 2. The fourth-order valence-electron chi connectivity index (χ4n) is 2.70. The Hall–Kier alpha value is -2.59. The second-order valence-electron chi connectivity index (χ2n) is 6.60. The Kier molecular flexibility index (Phi) is 8.03. The van der Waals surface area contributed by atoms with Crippen molar-refractivity contribution in [1.29, 1.82) is 0 Å². The highest BCUT2D eigenvalue weighted by molar-refractivity contribution is 7.89. The Labute approximate surface area is 170 Å². The van der Waals surface area contributed by atoms with E-state index in [9.17, 15) is 23.1 Å². The molecule has 0 unspecified atom stereocenters. The zero-order valence-electron chi connectivity index (χ0n) is 15.8. The number of benzene rings is 2. The summed E-state index contributed by atoms with van der Waals surface area (Å²) in [4.78, 5) is 25.3. The number of aliphatic hydroxyl groups is 1. The average molecular weight is 420 g/mol. The number of sulfonamides is 1. The molecule has 0 saturated carbocycles. The molecule has 0 heterocycles. The highest BCUT2D eigenvalue weighted by Gasteiger charge is 2.38. The summed E-state index contributed by atoms with van der Waals surface area (Å²) in [6, 6.07) is 14.6. The molecule has 0 radical (unpaired) electrons. The quantitative estimate of drug-likeness (QED) is 0.525. The summed E-state index contributed by atoms with van der Waals surface area (Å²) < 4.78 is 25.9. The molecule has 0 aliphatic heterocycles. The number of aliphatic hydroxyl groups excluding tert-OH is 1. The molecule has 2 aromatic rings. The van der Waals surface area contributed by atoms with Crippen molar-refractivity contribution >= 4 is 21.8 Å². The summed E-state index contributed by atoms with van der Waals surface area (Å²) in [7, 11) is -4.39. The van der Waals surface area contributed by atoms with Crippen LogP contribution in [0.1, 0.15) is 17.5 Å². The van der Waals surface area contributed by atoms with Gasteiger partial charge >= 0.3 is 0 Å². The van der Waals surface area contributed by atoms with E-state index in [1.165, 1.54) is 0 Å². The molecule has 9 heteroatoms. The van der Waals surface area contributed by atoms with Crippen LogP contribution in [0.15, 0.2) is 60.7 Å². The van der Waals surface area contributed by atoms with Crippen molar-refractivity contribution in [3.8, 4) is 0 Å². The van der Waals surface area contributed by atoms with E-state index in [1.807, 2.05) is 30.3 Å². The SMILES string of the molecule is N[C@H](CO)C(=O)N(C(=O)[C@@H](N)CCc1ccccc1)S(=O)(=O)Cc1ccccc1. The lowest BCUT2D eigenvalue weighted by atomic mass is 10.1. The minimum atomic E-state index is -4.39. The third kappa shape index (κ3) is 6.20. The van der Waals surface area contributed by atoms with Gasteiger partial charge in [0.05, 0.1) is 18.4 Å². The van der Waals surface area contributed by atoms with Crippen LogP contribution >= 0.6 is 0 Å². The van der Waals surface area contributed by atoms with Gasteiger partial charge in [0.15, 0.2) is 0 Å². The predicted molar refractivity (Wildman–Crippen MR) is 109 cm³/mol. The molecule has 29 heavy (non-hydrogen) atoms. The zero-order chi connectivity index (χ0) is 21.4. The smallest absolute Gasteiger partial charge is 0.262 e. The molecule has 5 N–H and O–H groups in total. The third-order valence-electron chi connectivity index (χ3n) is 4.29. The average Bonchev–Trinajstić information content (AvgIpc) is 2.72. The first-order valence-corrected chi connectivity index (χ1v) is 10.7. The van der Waals surface area contributed by atoms with E-state index in [1.54, 1.807) is 30.3 Å². The van der Waals surface area contributed by atoms with E-state index in [4.69, 9.17) is 11.5 Å². The molecule has 0 saturated heterocycles. The molecule has 2 rings (SSSR count). The van der Waals surface area contributed by atoms with Crippen LogP contribution in [-0.4, -0.2) is 48.3 Å². The Morgan fingerprint density at radius 2 is 1.34 bits per heavy atom. The van der Waals surface area contributed by atoms with Crippen molar-refractivity contribution in [2.45, 2.75) is 30.7 Å². The first kappa shape index (κ1) is 22.7. The van der Waals surface area contributed by atoms with E-state index < -0.39 is 46.3 Å². The number of rotatable bonds is 9. The fraction of sp³-hybridized carbons (Fsp3) is 0.300. The summed E-state index contributed by atoms with van der Waals surface area (Å²) in [5.74, 6) is -2.84. The molecular formula is C20H25N3O5S. The summed E-state index contributed by atoms with van der Waals surface area (Å²) in [5, 5.41) is 9.17. The number of amides is 2. The van der Waals surface area contributed by atoms with Crippen molar-refractivity contribution in [1.82, 2.24) is 4.31 Å². The number of aryl methyl sites for hydroxylation is 1. The van der Waals surface area contributed by atoms with Crippen molar-refractivity contribution in [3.63, 3.8) is 0 Å². The van der Waals surface area contributed by atoms with Crippen LogP contribution in [0.2, 0.25) is 0 Å². The third-order valence-corrected chi connectivity index (χ3v) is 5.90. The molecule has 8 nitrogen and oxygen atoms in total. The second-order valence-corrected chi connectivity index (χ2v) is 8.42. The van der Waals surface area contributed by atoms with Crippen LogP contribution < -0.4 is 11.5 Å². The fourth-order valence-corrected chi connectivity index (χ4v) is 4.26. The van der Waals surface area contributed by atoms with Crippen LogP contribution in [0, 0.1) is 0 Å². The van der Waals surface area contributed by atoms with E-state index in [2.05, 4.69) is 0 Å². The van der Waals surface area contributed by atoms with E-state index >= 15 is 0 Å². The minimum Gasteiger partial charge on any atom is -0.394 e. The van der Waals surface area contributed by atoms with Gasteiger partial charge in [-0.25, -0.2) is 8.42 Å². The number of carbonyl (C=O) groups excluding carboxylic acids is 2. The van der Waals surface area contributed by atoms with Gasteiger partial charge in [0.2, 0.25) is 10.0 Å². The van der Waals surface area contributed by atoms with E-state index in [-0.39, 0.29) is 10.7 Å². The lowest BCUT2D eigenvalue weighted by molar-refractivity contribution is -0.140. The topological polar surface area (TPSA) is 144 Å². The van der Waals surface area contributed by atoms with E-state index in [0.717, 1.165) is 5.56 Å². The highest BCUT2D eigenvalue weighted by Crippen LogP contribution is 2.15. The summed E-state index contributed by atoms with van der Waals surface area (Å²) in [6.07, 6.45) is 0.572. The maximum Gasteiger partial charge on any atom is 0.262 e. The second kappa shape index (κ2) is 10.3.